The SMILES string of the molecule is C[C@@H]1N=C(c2ccccc2F)c2cc(C34CC(C3)C4)ccc2-n2cnc(-c3cnco3)c21. The summed E-state index contributed by atoms with van der Waals surface area (Å²) in [7, 11) is 0. The molecule has 4 aliphatic rings. The van der Waals surface area contributed by atoms with Crippen molar-refractivity contribution in [2.24, 2.45) is 10.9 Å². The van der Waals surface area contributed by atoms with E-state index in [-0.39, 0.29) is 11.9 Å². The van der Waals surface area contributed by atoms with Gasteiger partial charge < -0.3 is 4.42 Å². The number of benzene rings is 2. The normalized spacial score (nSPS) is 25.1. The first-order valence-electron chi connectivity index (χ1n) is 11.1. The molecule has 8 rings (SSSR count). The van der Waals surface area contributed by atoms with Crippen LogP contribution in [-0.2, 0) is 5.41 Å². The van der Waals surface area contributed by atoms with Gasteiger partial charge >= 0.3 is 0 Å². The highest BCUT2D eigenvalue weighted by Gasteiger charge is 2.57. The third kappa shape index (κ3) is 2.35. The van der Waals surface area contributed by atoms with Crippen molar-refractivity contribution in [1.82, 2.24) is 14.5 Å². The number of oxazole rings is 1. The molecule has 3 fully saturated rings. The molecular formula is C26H21FN4O. The Balaban J connectivity index is 1.49. The Labute approximate surface area is 184 Å². The highest BCUT2D eigenvalue weighted by molar-refractivity contribution is 6.15. The average molecular weight is 424 g/mol. The van der Waals surface area contributed by atoms with Crippen molar-refractivity contribution >= 4 is 5.71 Å². The van der Waals surface area contributed by atoms with Crippen molar-refractivity contribution in [2.75, 3.05) is 0 Å². The van der Waals surface area contributed by atoms with Crippen LogP contribution in [-0.4, -0.2) is 20.2 Å². The molecular weight excluding hydrogens is 403 g/mol. The van der Waals surface area contributed by atoms with Gasteiger partial charge in [-0.25, -0.2) is 14.4 Å². The summed E-state index contributed by atoms with van der Waals surface area (Å²) in [5.74, 6) is 1.22. The molecule has 4 aromatic rings. The van der Waals surface area contributed by atoms with E-state index in [2.05, 4.69) is 32.7 Å². The minimum absolute atomic E-state index is 0.252. The molecule has 5 nitrogen and oxygen atoms in total. The van der Waals surface area contributed by atoms with Crippen molar-refractivity contribution in [3.05, 3.63) is 89.6 Å². The molecule has 0 saturated heterocycles. The molecule has 3 saturated carbocycles. The monoisotopic (exact) mass is 424 g/mol. The Hall–Kier alpha value is -3.54. The zero-order chi connectivity index (χ0) is 21.4. The lowest BCUT2D eigenvalue weighted by atomic mass is 9.42. The van der Waals surface area contributed by atoms with Crippen LogP contribution in [0.2, 0.25) is 0 Å². The molecule has 2 aromatic carbocycles. The van der Waals surface area contributed by atoms with Gasteiger partial charge in [-0.3, -0.25) is 9.56 Å². The smallest absolute Gasteiger partial charge is 0.181 e. The number of nitrogens with zero attached hydrogens (tertiary/aromatic N) is 4. The number of hydrogen-bond acceptors (Lipinski definition) is 4. The van der Waals surface area contributed by atoms with Crippen molar-refractivity contribution in [2.45, 2.75) is 37.6 Å². The van der Waals surface area contributed by atoms with Gasteiger partial charge in [-0.1, -0.05) is 18.2 Å². The molecule has 0 N–H and O–H groups in total. The van der Waals surface area contributed by atoms with Crippen LogP contribution in [0.25, 0.3) is 17.1 Å². The van der Waals surface area contributed by atoms with Crippen LogP contribution < -0.4 is 0 Å². The van der Waals surface area contributed by atoms with Gasteiger partial charge in [-0.2, -0.15) is 0 Å². The van der Waals surface area contributed by atoms with Gasteiger partial charge in [0, 0.05) is 11.1 Å². The Morgan fingerprint density at radius 1 is 1.09 bits per heavy atom. The zero-order valence-corrected chi connectivity index (χ0v) is 17.6. The first-order valence-corrected chi connectivity index (χ1v) is 11.1. The van der Waals surface area contributed by atoms with E-state index in [1.165, 1.54) is 37.3 Å². The van der Waals surface area contributed by atoms with E-state index < -0.39 is 0 Å². The van der Waals surface area contributed by atoms with Crippen LogP contribution in [0.5, 0.6) is 0 Å². The number of rotatable bonds is 3. The second-order valence-electron chi connectivity index (χ2n) is 9.34. The Kier molecular flexibility index (Phi) is 3.53. The summed E-state index contributed by atoms with van der Waals surface area (Å²) < 4.78 is 22.6. The molecule has 2 bridgehead atoms. The maximum absolute atomic E-state index is 15.0. The van der Waals surface area contributed by atoms with Crippen molar-refractivity contribution in [3.63, 3.8) is 0 Å². The number of aliphatic imine (C=N–C) groups is 1. The topological polar surface area (TPSA) is 56.2 Å². The van der Waals surface area contributed by atoms with Gasteiger partial charge in [0.1, 0.15) is 17.8 Å². The fraction of sp³-hybridized carbons (Fsp3) is 0.269. The molecule has 1 atom stereocenters. The summed E-state index contributed by atoms with van der Waals surface area (Å²) in [5.41, 5.74) is 6.39. The quantitative estimate of drug-likeness (QED) is 0.428. The summed E-state index contributed by atoms with van der Waals surface area (Å²) in [6.07, 6.45) is 8.67. The molecule has 0 unspecified atom stereocenters. The van der Waals surface area contributed by atoms with E-state index in [0.717, 1.165) is 22.9 Å². The second-order valence-corrected chi connectivity index (χ2v) is 9.34. The minimum atomic E-state index is -0.263. The van der Waals surface area contributed by atoms with Crippen LogP contribution in [0.3, 0.4) is 0 Å². The standard InChI is InChI=1S/C26H21FN4O/c1-15-25-24(22-12-28-14-32-22)29-13-31(25)21-7-6-17(26-9-16(10-26)11-26)8-19(21)23(30-15)18-4-2-3-5-20(18)27/h2-8,12-16H,9-11H2,1H3/t15-,16?,26?/m0/s1. The van der Waals surface area contributed by atoms with E-state index in [4.69, 9.17) is 9.41 Å². The van der Waals surface area contributed by atoms with Gasteiger partial charge in [0.05, 0.1) is 29.3 Å². The van der Waals surface area contributed by atoms with Crippen LogP contribution in [0.4, 0.5) is 4.39 Å². The highest BCUT2D eigenvalue weighted by atomic mass is 19.1. The Morgan fingerprint density at radius 2 is 1.94 bits per heavy atom. The number of fused-ring (bicyclic) bond motifs is 3. The molecule has 158 valence electrons. The molecule has 3 heterocycles. The molecule has 32 heavy (non-hydrogen) atoms. The van der Waals surface area contributed by atoms with E-state index in [1.807, 2.05) is 25.4 Å². The second kappa shape index (κ2) is 6.25. The Bertz CT molecular complexity index is 1380. The van der Waals surface area contributed by atoms with Crippen LogP contribution in [0.1, 0.15) is 54.6 Å². The third-order valence-corrected chi connectivity index (χ3v) is 7.48. The van der Waals surface area contributed by atoms with Gasteiger partial charge in [0.15, 0.2) is 12.2 Å². The summed E-state index contributed by atoms with van der Waals surface area (Å²) in [5, 5.41) is 0. The van der Waals surface area contributed by atoms with Crippen LogP contribution >= 0.6 is 0 Å². The Morgan fingerprint density at radius 3 is 2.66 bits per heavy atom. The zero-order valence-electron chi connectivity index (χ0n) is 17.6. The fourth-order valence-corrected chi connectivity index (χ4v) is 5.76. The van der Waals surface area contributed by atoms with E-state index in [1.54, 1.807) is 12.3 Å². The average Bonchev–Trinajstić information content (AvgIpc) is 3.38. The maximum atomic E-state index is 15.0. The number of halogens is 1. The van der Waals surface area contributed by atoms with Gasteiger partial charge in [0.25, 0.3) is 0 Å². The summed E-state index contributed by atoms with van der Waals surface area (Å²) in [6.45, 7) is 2.02. The first kappa shape index (κ1) is 18.1. The molecule has 3 aliphatic carbocycles. The largest absolute Gasteiger partial charge is 0.442 e. The number of imidazole rings is 1. The molecule has 0 radical (unpaired) electrons. The number of aromatic nitrogens is 3. The van der Waals surface area contributed by atoms with Gasteiger partial charge in [-0.05, 0) is 67.3 Å². The van der Waals surface area contributed by atoms with E-state index in [9.17, 15) is 4.39 Å². The molecule has 1 aliphatic heterocycles. The lowest BCUT2D eigenvalue weighted by Crippen LogP contribution is -2.55. The lowest BCUT2D eigenvalue weighted by molar-refractivity contribution is -0.0274. The predicted octanol–water partition coefficient (Wildman–Crippen LogP) is 5.63. The highest BCUT2D eigenvalue weighted by Crippen LogP contribution is 2.65. The summed E-state index contributed by atoms with van der Waals surface area (Å²) in [4.78, 5) is 13.8. The molecule has 2 aromatic heterocycles. The van der Waals surface area contributed by atoms with Crippen LogP contribution in [0.15, 0.2) is 70.8 Å². The van der Waals surface area contributed by atoms with Crippen molar-refractivity contribution < 1.29 is 8.81 Å². The van der Waals surface area contributed by atoms with Crippen molar-refractivity contribution in [1.29, 1.82) is 0 Å². The van der Waals surface area contributed by atoms with E-state index in [0.29, 0.717) is 28.1 Å². The molecule has 0 spiro atoms. The minimum Gasteiger partial charge on any atom is -0.442 e. The van der Waals surface area contributed by atoms with Crippen molar-refractivity contribution in [3.8, 4) is 17.1 Å². The summed E-state index contributed by atoms with van der Waals surface area (Å²) >= 11 is 0. The van der Waals surface area contributed by atoms with Gasteiger partial charge in [-0.15, -0.1) is 0 Å². The maximum Gasteiger partial charge on any atom is 0.181 e. The van der Waals surface area contributed by atoms with Gasteiger partial charge in [0.2, 0.25) is 0 Å². The number of hydrogen-bond donors (Lipinski definition) is 0. The lowest BCUT2D eigenvalue weighted by Gasteiger charge is -2.62. The molecule has 0 amide bonds. The van der Waals surface area contributed by atoms with Crippen LogP contribution in [0, 0.1) is 11.7 Å². The first-order chi connectivity index (χ1) is 15.6. The fourth-order valence-electron chi connectivity index (χ4n) is 5.76. The summed E-state index contributed by atoms with van der Waals surface area (Å²) in [6, 6.07) is 13.3. The van der Waals surface area contributed by atoms with E-state index >= 15 is 0 Å². The third-order valence-electron chi connectivity index (χ3n) is 7.48. The predicted molar refractivity (Wildman–Crippen MR) is 119 cm³/mol. The molecule has 6 heteroatoms.